The molecule has 21 heteroatoms. The molecule has 3 aliphatic heterocycles. The number of esters is 1. The smallest absolute Gasteiger partial charge is 0.402 e. The highest BCUT2D eigenvalue weighted by Gasteiger charge is 2.49. The van der Waals surface area contributed by atoms with Gasteiger partial charge in [-0.25, -0.2) is 4.42 Å². The maximum Gasteiger partial charge on any atom is 0.402 e. The van der Waals surface area contributed by atoms with Crippen LogP contribution in [0.25, 0.3) is 22.3 Å². The number of benzene rings is 2. The van der Waals surface area contributed by atoms with E-state index in [0.717, 1.165) is 13.0 Å². The molecule has 314 valence electrons. The van der Waals surface area contributed by atoms with Crippen LogP contribution in [-0.2, 0) is 28.5 Å². The van der Waals surface area contributed by atoms with E-state index in [-0.39, 0.29) is 45.3 Å². The van der Waals surface area contributed by atoms with E-state index in [9.17, 15) is 61.0 Å². The molecule has 21 nitrogen and oxygen atoms in total. The van der Waals surface area contributed by atoms with Gasteiger partial charge in [0.15, 0.2) is 23.9 Å². The van der Waals surface area contributed by atoms with Gasteiger partial charge in [0, 0.05) is 25.1 Å². The van der Waals surface area contributed by atoms with Gasteiger partial charge in [0.2, 0.25) is 18.3 Å². The van der Waals surface area contributed by atoms with Crippen molar-refractivity contribution >= 4 is 16.9 Å². The number of aliphatic hydroxyl groups excluding tert-OH is 9. The Bertz CT molecular complexity index is 1880. The van der Waals surface area contributed by atoms with Gasteiger partial charge in [-0.05, 0) is 19.1 Å². The van der Waals surface area contributed by atoms with Crippen molar-refractivity contribution in [2.75, 3.05) is 20.3 Å². The van der Waals surface area contributed by atoms with Crippen molar-refractivity contribution in [3.63, 3.8) is 0 Å². The molecular formula is C36H45O21+. The average molecular weight is 814 g/mol. The number of aromatic hydroxyl groups is 2. The standard InChI is InChI=1S/C36H44O21/c1-12-32(52-13(2)38)28(45)31(48)34(51-12)50-11-23-25(42)27(44)30(47)36(57-23)55-21-9-16-18(53-33(21)14-4-5-17(40)20(6-14)49-3)7-15(39)8-19(16)54-35-29(46)26(43)24(41)22(10-37)56-35/h4-9,12,22-32,34-37,41-48H,10-11H2,1-3H3,(H-,39,40)/p+1/t12-,22+,23+,24+,25+,26-,27-,28-,29+,30+,31+,32-,34+,35+,36+/m0/s1. The van der Waals surface area contributed by atoms with E-state index in [1.54, 1.807) is 0 Å². The van der Waals surface area contributed by atoms with Crippen molar-refractivity contribution in [3.05, 3.63) is 36.4 Å². The van der Waals surface area contributed by atoms with Crippen LogP contribution in [0.1, 0.15) is 13.8 Å². The van der Waals surface area contributed by atoms with Gasteiger partial charge in [0.05, 0.1) is 38.1 Å². The Hall–Kier alpha value is -4.20. The molecule has 0 unspecified atom stereocenters. The number of rotatable bonds is 11. The van der Waals surface area contributed by atoms with Crippen LogP contribution in [0.15, 0.2) is 40.8 Å². The molecule has 3 saturated heterocycles. The van der Waals surface area contributed by atoms with E-state index in [1.807, 2.05) is 0 Å². The number of hydrogen-bond donors (Lipinski definition) is 11. The number of fused-ring (bicyclic) bond motifs is 1. The minimum Gasteiger partial charge on any atom is -0.507 e. The van der Waals surface area contributed by atoms with E-state index in [2.05, 4.69) is 0 Å². The lowest BCUT2D eigenvalue weighted by atomic mass is 9.98. The van der Waals surface area contributed by atoms with E-state index in [0.29, 0.717) is 0 Å². The summed E-state index contributed by atoms with van der Waals surface area (Å²) >= 11 is 0. The zero-order valence-corrected chi connectivity index (χ0v) is 30.5. The molecule has 6 rings (SSSR count). The largest absolute Gasteiger partial charge is 0.507 e. The Morgan fingerprint density at radius 2 is 1.33 bits per heavy atom. The molecule has 57 heavy (non-hydrogen) atoms. The third kappa shape index (κ3) is 8.66. The van der Waals surface area contributed by atoms with Crippen LogP contribution >= 0.6 is 0 Å². The third-order valence-corrected chi connectivity index (χ3v) is 9.75. The molecule has 4 heterocycles. The second kappa shape index (κ2) is 17.3. The van der Waals surface area contributed by atoms with Gasteiger partial charge in [-0.1, -0.05) is 0 Å². The zero-order valence-electron chi connectivity index (χ0n) is 30.5. The number of aliphatic hydroxyl groups is 9. The number of phenolic OH excluding ortho intramolecular Hbond substituents is 2. The molecule has 0 amide bonds. The summed E-state index contributed by atoms with van der Waals surface area (Å²) in [6, 6.07) is 7.63. The maximum absolute atomic E-state index is 11.5. The number of phenols is 2. The lowest BCUT2D eigenvalue weighted by Crippen LogP contribution is -2.62. The molecule has 0 aliphatic carbocycles. The molecule has 1 aromatic heterocycles. The quantitative estimate of drug-likeness (QED) is 0.0709. The van der Waals surface area contributed by atoms with Crippen LogP contribution in [0, 0.1) is 0 Å². The molecular weight excluding hydrogens is 768 g/mol. The van der Waals surface area contributed by atoms with Crippen LogP contribution in [0.5, 0.6) is 28.7 Å². The minimum absolute atomic E-state index is 0.00624. The SMILES string of the molecule is COc1cc(-c2[o+]c3cc(O)cc(O[C@@H]4O[C@H](CO)[C@@H](O)[C@H](O)[C@H]4O)c3cc2O[C@@H]2O[C@H](CO[C@@H]3O[C@@H](C)[C@H](OC(C)=O)[C@@H](O)[C@H]3O)[C@@H](O)[C@H](O)[C@H]2O)ccc1O. The fraction of sp³-hybridized carbons (Fsp3) is 0.556. The summed E-state index contributed by atoms with van der Waals surface area (Å²) in [5.41, 5.74) is 0.129. The Morgan fingerprint density at radius 3 is 1.96 bits per heavy atom. The van der Waals surface area contributed by atoms with Gasteiger partial charge in [0.1, 0.15) is 77.9 Å². The first-order chi connectivity index (χ1) is 27.0. The number of ether oxygens (including phenoxy) is 8. The molecule has 0 bridgehead atoms. The molecule has 0 radical (unpaired) electrons. The predicted octanol–water partition coefficient (Wildman–Crippen LogP) is -2.42. The second-order valence-corrected chi connectivity index (χ2v) is 13.7. The molecule has 11 N–H and O–H groups in total. The van der Waals surface area contributed by atoms with Gasteiger partial charge < -0.3 is 94.1 Å². The van der Waals surface area contributed by atoms with Gasteiger partial charge in [0.25, 0.3) is 0 Å². The van der Waals surface area contributed by atoms with Crippen LogP contribution in [-0.4, -0.2) is 175 Å². The van der Waals surface area contributed by atoms with Crippen molar-refractivity contribution in [3.8, 4) is 40.1 Å². The average Bonchev–Trinajstić information content (AvgIpc) is 3.18. The zero-order chi connectivity index (χ0) is 41.5. The van der Waals surface area contributed by atoms with Crippen LogP contribution in [0.2, 0.25) is 0 Å². The summed E-state index contributed by atoms with van der Waals surface area (Å²) in [6.07, 6.45) is -24.3. The predicted molar refractivity (Wildman–Crippen MR) is 185 cm³/mol. The topological polar surface area (TPSA) is 325 Å². The number of methoxy groups -OCH3 is 1. The van der Waals surface area contributed by atoms with Crippen molar-refractivity contribution in [2.45, 2.75) is 106 Å². The second-order valence-electron chi connectivity index (χ2n) is 13.7. The number of carbonyl (C=O) groups is 1. The fourth-order valence-electron chi connectivity index (χ4n) is 6.63. The number of carbonyl (C=O) groups excluding carboxylic acids is 1. The fourth-order valence-corrected chi connectivity index (χ4v) is 6.63. The highest BCUT2D eigenvalue weighted by Crippen LogP contribution is 2.43. The van der Waals surface area contributed by atoms with E-state index in [1.165, 1.54) is 44.4 Å². The van der Waals surface area contributed by atoms with Crippen molar-refractivity contribution < 1.29 is 103 Å². The molecule has 3 fully saturated rings. The maximum atomic E-state index is 11.5. The molecule has 2 aromatic carbocycles. The highest BCUT2D eigenvalue weighted by molar-refractivity contribution is 5.89. The molecule has 0 spiro atoms. The minimum atomic E-state index is -1.93. The summed E-state index contributed by atoms with van der Waals surface area (Å²) in [5.74, 6) is -1.96. The van der Waals surface area contributed by atoms with Crippen LogP contribution in [0.3, 0.4) is 0 Å². The lowest BCUT2D eigenvalue weighted by Gasteiger charge is -2.42. The van der Waals surface area contributed by atoms with Crippen LogP contribution in [0.4, 0.5) is 0 Å². The van der Waals surface area contributed by atoms with Crippen molar-refractivity contribution in [2.24, 2.45) is 0 Å². The monoisotopic (exact) mass is 813 g/mol. The van der Waals surface area contributed by atoms with Gasteiger partial charge in [-0.15, -0.1) is 0 Å². The first-order valence-corrected chi connectivity index (χ1v) is 17.7. The Labute approximate surface area is 322 Å². The van der Waals surface area contributed by atoms with Crippen molar-refractivity contribution in [1.29, 1.82) is 0 Å². The lowest BCUT2D eigenvalue weighted by molar-refractivity contribution is -0.319. The summed E-state index contributed by atoms with van der Waals surface area (Å²) in [4.78, 5) is 11.5. The van der Waals surface area contributed by atoms with E-state index < -0.39 is 117 Å². The summed E-state index contributed by atoms with van der Waals surface area (Å²) in [6.45, 7) is 1.23. The molecule has 0 saturated carbocycles. The summed E-state index contributed by atoms with van der Waals surface area (Å²) < 4.78 is 50.9. The Morgan fingerprint density at radius 1 is 0.719 bits per heavy atom. The molecule has 3 aromatic rings. The first kappa shape index (κ1) is 42.4. The van der Waals surface area contributed by atoms with E-state index >= 15 is 0 Å². The molecule has 3 aliphatic rings. The molecule has 15 atom stereocenters. The Balaban J connectivity index is 1.33. The van der Waals surface area contributed by atoms with Gasteiger partial charge in [-0.2, -0.15) is 0 Å². The summed E-state index contributed by atoms with van der Waals surface area (Å²) in [7, 11) is 1.30. The highest BCUT2D eigenvalue weighted by atomic mass is 16.7. The Kier molecular flexibility index (Phi) is 12.9. The van der Waals surface area contributed by atoms with Crippen LogP contribution < -0.4 is 14.2 Å². The van der Waals surface area contributed by atoms with Gasteiger partial charge >= 0.3 is 17.3 Å². The summed E-state index contributed by atoms with van der Waals surface area (Å²) in [5, 5.41) is 116. The van der Waals surface area contributed by atoms with Gasteiger partial charge in [-0.3, -0.25) is 4.79 Å². The first-order valence-electron chi connectivity index (χ1n) is 17.7. The number of hydrogen-bond acceptors (Lipinski definition) is 20. The van der Waals surface area contributed by atoms with Crippen molar-refractivity contribution in [1.82, 2.24) is 0 Å². The third-order valence-electron chi connectivity index (χ3n) is 9.75. The normalized spacial score (nSPS) is 35.8. The van der Waals surface area contributed by atoms with E-state index in [4.69, 9.17) is 42.3 Å².